The first-order valence-electron chi connectivity index (χ1n) is 6.53. The lowest BCUT2D eigenvalue weighted by Crippen LogP contribution is -2.19. The molecule has 2 aromatic carbocycles. The van der Waals surface area contributed by atoms with Gasteiger partial charge in [0, 0.05) is 21.3 Å². The number of amides is 2. The lowest BCUT2D eigenvalue weighted by molar-refractivity contribution is 0.262. The van der Waals surface area contributed by atoms with E-state index in [1.54, 1.807) is 36.4 Å². The van der Waals surface area contributed by atoms with Crippen molar-refractivity contribution in [3.63, 3.8) is 0 Å². The fourth-order valence-corrected chi connectivity index (χ4v) is 2.87. The van der Waals surface area contributed by atoms with Crippen LogP contribution in [0.5, 0.6) is 0 Å². The summed E-state index contributed by atoms with van der Waals surface area (Å²) in [6, 6.07) is 13.7. The zero-order valence-electron chi connectivity index (χ0n) is 11.6. The quantitative estimate of drug-likeness (QED) is 0.674. The Balaban J connectivity index is 1.66. The highest BCUT2D eigenvalue weighted by Crippen LogP contribution is 2.27. The van der Waals surface area contributed by atoms with Gasteiger partial charge in [-0.25, -0.2) is 4.79 Å². The lowest BCUT2D eigenvalue weighted by Gasteiger charge is -2.04. The minimum atomic E-state index is -0.411. The van der Waals surface area contributed by atoms with Gasteiger partial charge in [0.25, 0.3) is 0 Å². The molecule has 0 unspecified atom stereocenters. The van der Waals surface area contributed by atoms with Gasteiger partial charge in [0.2, 0.25) is 5.13 Å². The Kier molecular flexibility index (Phi) is 4.76. The summed E-state index contributed by atoms with van der Waals surface area (Å²) < 4.78 is 0. The number of carbonyl (C=O) groups is 1. The Hall–Kier alpha value is -2.15. The normalized spacial score (nSPS) is 10.3. The standard InChI is InChI=1S/C15H10Cl2N4OS/c16-10-6-4-9(5-7-10)13-20-21-15(23-13)19-14(22)18-12-3-1-2-11(17)8-12/h1-8H,(H2,18,19,21,22). The van der Waals surface area contributed by atoms with Crippen molar-refractivity contribution in [3.8, 4) is 10.6 Å². The van der Waals surface area contributed by atoms with Crippen LogP contribution in [0.25, 0.3) is 10.6 Å². The molecule has 2 N–H and O–H groups in total. The van der Waals surface area contributed by atoms with Crippen LogP contribution in [-0.2, 0) is 0 Å². The molecule has 3 aromatic rings. The summed E-state index contributed by atoms with van der Waals surface area (Å²) in [5, 5.41) is 15.6. The largest absolute Gasteiger partial charge is 0.325 e. The molecule has 0 aliphatic heterocycles. The molecule has 116 valence electrons. The predicted molar refractivity (Wildman–Crippen MR) is 94.4 cm³/mol. The molecular formula is C15H10Cl2N4OS. The zero-order chi connectivity index (χ0) is 16.2. The molecule has 1 aromatic heterocycles. The maximum absolute atomic E-state index is 11.9. The minimum absolute atomic E-state index is 0.398. The summed E-state index contributed by atoms with van der Waals surface area (Å²) in [6.07, 6.45) is 0. The predicted octanol–water partition coefficient (Wildman–Crippen LogP) is 5.16. The monoisotopic (exact) mass is 364 g/mol. The molecule has 0 radical (unpaired) electrons. The Morgan fingerprint density at radius 2 is 1.74 bits per heavy atom. The summed E-state index contributed by atoms with van der Waals surface area (Å²) in [5.41, 5.74) is 1.48. The summed E-state index contributed by atoms with van der Waals surface area (Å²) in [4.78, 5) is 11.9. The third-order valence-electron chi connectivity index (χ3n) is 2.82. The van der Waals surface area contributed by atoms with Gasteiger partial charge in [-0.05, 0) is 30.3 Å². The molecule has 0 atom stereocenters. The Morgan fingerprint density at radius 1 is 0.957 bits per heavy atom. The van der Waals surface area contributed by atoms with Gasteiger partial charge in [-0.3, -0.25) is 5.32 Å². The zero-order valence-corrected chi connectivity index (χ0v) is 13.9. The molecule has 0 aliphatic rings. The third-order valence-corrected chi connectivity index (χ3v) is 4.19. The van der Waals surface area contributed by atoms with Crippen molar-refractivity contribution in [2.24, 2.45) is 0 Å². The number of hydrogen-bond acceptors (Lipinski definition) is 4. The fourth-order valence-electron chi connectivity index (χ4n) is 1.81. The highest BCUT2D eigenvalue weighted by molar-refractivity contribution is 7.18. The number of hydrogen-bond donors (Lipinski definition) is 2. The van der Waals surface area contributed by atoms with Gasteiger partial charge in [-0.2, -0.15) is 0 Å². The van der Waals surface area contributed by atoms with Crippen molar-refractivity contribution in [2.45, 2.75) is 0 Å². The second-order valence-corrected chi connectivity index (χ2v) is 6.36. The van der Waals surface area contributed by atoms with Crippen molar-refractivity contribution >= 4 is 51.4 Å². The number of carbonyl (C=O) groups excluding carboxylic acids is 1. The average Bonchev–Trinajstić information content (AvgIpc) is 2.96. The number of aromatic nitrogens is 2. The molecule has 0 bridgehead atoms. The fraction of sp³-hybridized carbons (Fsp3) is 0. The number of nitrogens with one attached hydrogen (secondary N) is 2. The molecule has 0 saturated carbocycles. The number of benzene rings is 2. The number of rotatable bonds is 3. The summed E-state index contributed by atoms with van der Waals surface area (Å²) in [6.45, 7) is 0. The van der Waals surface area contributed by atoms with Crippen LogP contribution in [0.4, 0.5) is 15.6 Å². The molecule has 0 spiro atoms. The van der Waals surface area contributed by atoms with Crippen molar-refractivity contribution in [1.82, 2.24) is 10.2 Å². The van der Waals surface area contributed by atoms with E-state index >= 15 is 0 Å². The smallest absolute Gasteiger partial charge is 0.308 e. The van der Waals surface area contributed by atoms with E-state index in [0.717, 1.165) is 5.56 Å². The second-order valence-electron chi connectivity index (χ2n) is 4.51. The van der Waals surface area contributed by atoms with Crippen molar-refractivity contribution < 1.29 is 4.79 Å². The molecule has 3 rings (SSSR count). The van der Waals surface area contributed by atoms with Crippen molar-refractivity contribution in [3.05, 3.63) is 58.6 Å². The van der Waals surface area contributed by atoms with Crippen molar-refractivity contribution in [1.29, 1.82) is 0 Å². The summed E-state index contributed by atoms with van der Waals surface area (Å²) >= 11 is 13.0. The first kappa shape index (κ1) is 15.7. The highest BCUT2D eigenvalue weighted by Gasteiger charge is 2.10. The molecule has 0 aliphatic carbocycles. The third kappa shape index (κ3) is 4.19. The average molecular weight is 365 g/mol. The molecule has 0 fully saturated rings. The van der Waals surface area contributed by atoms with Crippen molar-refractivity contribution in [2.75, 3.05) is 10.6 Å². The van der Waals surface area contributed by atoms with Crippen LogP contribution in [-0.4, -0.2) is 16.2 Å². The molecule has 8 heteroatoms. The SMILES string of the molecule is O=C(Nc1cccc(Cl)c1)Nc1nnc(-c2ccc(Cl)cc2)s1. The second kappa shape index (κ2) is 6.95. The topological polar surface area (TPSA) is 66.9 Å². The molecule has 5 nitrogen and oxygen atoms in total. The van der Waals surface area contributed by atoms with Gasteiger partial charge in [0.1, 0.15) is 5.01 Å². The van der Waals surface area contributed by atoms with Crippen LogP contribution in [0.15, 0.2) is 48.5 Å². The number of anilines is 2. The van der Waals surface area contributed by atoms with E-state index in [1.165, 1.54) is 11.3 Å². The van der Waals surface area contributed by atoms with Crippen LogP contribution >= 0.6 is 34.5 Å². The van der Waals surface area contributed by atoms with Gasteiger partial charge >= 0.3 is 6.03 Å². The summed E-state index contributed by atoms with van der Waals surface area (Å²) in [7, 11) is 0. The van der Waals surface area contributed by atoms with Crippen LogP contribution < -0.4 is 10.6 Å². The van der Waals surface area contributed by atoms with Gasteiger partial charge in [-0.15, -0.1) is 10.2 Å². The Bertz CT molecular complexity index is 836. The number of urea groups is 1. The number of halogens is 2. The van der Waals surface area contributed by atoms with Crippen LogP contribution in [0.3, 0.4) is 0 Å². The highest BCUT2D eigenvalue weighted by atomic mass is 35.5. The first-order chi connectivity index (χ1) is 11.1. The lowest BCUT2D eigenvalue weighted by atomic mass is 10.2. The summed E-state index contributed by atoms with van der Waals surface area (Å²) in [5.74, 6) is 0. The first-order valence-corrected chi connectivity index (χ1v) is 8.10. The van der Waals surface area contributed by atoms with Crippen LogP contribution in [0.1, 0.15) is 0 Å². The maximum Gasteiger partial charge on any atom is 0.325 e. The van der Waals surface area contributed by atoms with E-state index in [4.69, 9.17) is 23.2 Å². The maximum atomic E-state index is 11.9. The van der Waals surface area contributed by atoms with Gasteiger partial charge < -0.3 is 5.32 Å². The molecule has 2 amide bonds. The Morgan fingerprint density at radius 3 is 2.48 bits per heavy atom. The minimum Gasteiger partial charge on any atom is -0.308 e. The molecular weight excluding hydrogens is 355 g/mol. The van der Waals surface area contributed by atoms with E-state index in [1.807, 2.05) is 12.1 Å². The van der Waals surface area contributed by atoms with E-state index in [-0.39, 0.29) is 0 Å². The molecule has 0 saturated heterocycles. The van der Waals surface area contributed by atoms with Crippen LogP contribution in [0.2, 0.25) is 10.0 Å². The van der Waals surface area contributed by atoms with E-state index < -0.39 is 6.03 Å². The Labute approximate surface area is 146 Å². The molecule has 1 heterocycles. The molecule has 23 heavy (non-hydrogen) atoms. The van der Waals surface area contributed by atoms with Crippen LogP contribution in [0, 0.1) is 0 Å². The number of nitrogens with zero attached hydrogens (tertiary/aromatic N) is 2. The van der Waals surface area contributed by atoms with E-state index in [0.29, 0.717) is 25.9 Å². The van der Waals surface area contributed by atoms with Gasteiger partial charge in [0.15, 0.2) is 0 Å². The van der Waals surface area contributed by atoms with E-state index in [9.17, 15) is 4.79 Å². The van der Waals surface area contributed by atoms with E-state index in [2.05, 4.69) is 20.8 Å². The van der Waals surface area contributed by atoms with Gasteiger partial charge in [-0.1, -0.05) is 52.7 Å². The van der Waals surface area contributed by atoms with Gasteiger partial charge in [0.05, 0.1) is 0 Å².